The quantitative estimate of drug-likeness (QED) is 0.176. The summed E-state index contributed by atoms with van der Waals surface area (Å²) in [4.78, 5) is 59.4. The monoisotopic (exact) mass is 452 g/mol. The molecule has 0 aliphatic heterocycles. The Balaban J connectivity index is 3.05. The minimum Gasteiger partial charge on any atom is -0.481 e. The first-order chi connectivity index (χ1) is 15.0. The lowest BCUT2D eigenvalue weighted by atomic mass is 10.0. The van der Waals surface area contributed by atoms with Crippen LogP contribution >= 0.6 is 0 Å². The fraction of sp³-hybridized carbons (Fsp3) is 0.450. The van der Waals surface area contributed by atoms with Crippen LogP contribution in [0.25, 0.3) is 0 Å². The first kappa shape index (κ1) is 26.5. The molecule has 4 atom stereocenters. The fourth-order valence-corrected chi connectivity index (χ4v) is 2.61. The van der Waals surface area contributed by atoms with Crippen LogP contribution in [0.15, 0.2) is 30.3 Å². The van der Waals surface area contributed by atoms with Gasteiger partial charge in [0.15, 0.2) is 0 Å². The third-order valence-electron chi connectivity index (χ3n) is 4.46. The van der Waals surface area contributed by atoms with Gasteiger partial charge in [-0.1, -0.05) is 30.3 Å². The van der Waals surface area contributed by atoms with Gasteiger partial charge < -0.3 is 37.0 Å². The van der Waals surface area contributed by atoms with E-state index in [1.807, 2.05) is 0 Å². The molecule has 8 N–H and O–H groups in total. The molecule has 1 rings (SSSR count). The zero-order chi connectivity index (χ0) is 24.3. The van der Waals surface area contributed by atoms with E-state index in [9.17, 15) is 24.0 Å². The van der Waals surface area contributed by atoms with E-state index >= 15 is 0 Å². The van der Waals surface area contributed by atoms with Gasteiger partial charge in [-0.15, -0.1) is 0 Å². The molecule has 0 radical (unpaired) electrons. The van der Waals surface area contributed by atoms with Crippen LogP contribution in [-0.4, -0.2) is 75.8 Å². The molecule has 1 aromatic rings. The van der Waals surface area contributed by atoms with Crippen LogP contribution < -0.4 is 21.7 Å². The smallest absolute Gasteiger partial charge is 0.325 e. The van der Waals surface area contributed by atoms with Gasteiger partial charge in [-0.05, 0) is 18.9 Å². The number of carboxylic acids is 2. The van der Waals surface area contributed by atoms with Crippen molar-refractivity contribution in [2.24, 2.45) is 5.73 Å². The van der Waals surface area contributed by atoms with Crippen molar-refractivity contribution in [1.82, 2.24) is 16.0 Å². The number of hydrogen-bond donors (Lipinski definition) is 7. The maximum atomic E-state index is 12.8. The van der Waals surface area contributed by atoms with Crippen LogP contribution in [0.2, 0.25) is 0 Å². The summed E-state index contributed by atoms with van der Waals surface area (Å²) in [6.45, 7) is 0.568. The van der Waals surface area contributed by atoms with E-state index in [1.165, 1.54) is 6.92 Å². The second-order valence-corrected chi connectivity index (χ2v) is 7.10. The number of aliphatic hydroxyl groups excluding tert-OH is 1. The first-order valence-electron chi connectivity index (χ1n) is 9.81. The number of carbonyl (C=O) groups excluding carboxylic acids is 3. The Morgan fingerprint density at radius 3 is 2.00 bits per heavy atom. The van der Waals surface area contributed by atoms with Crippen LogP contribution in [0.4, 0.5) is 0 Å². The van der Waals surface area contributed by atoms with Gasteiger partial charge in [0.2, 0.25) is 17.7 Å². The Morgan fingerprint density at radius 1 is 0.906 bits per heavy atom. The van der Waals surface area contributed by atoms with Crippen molar-refractivity contribution < 1.29 is 39.3 Å². The lowest BCUT2D eigenvalue weighted by molar-refractivity contribution is -0.141. The summed E-state index contributed by atoms with van der Waals surface area (Å²) in [5, 5.41) is 33.9. The van der Waals surface area contributed by atoms with Crippen LogP contribution in [0.1, 0.15) is 25.3 Å². The molecule has 12 nitrogen and oxygen atoms in total. The molecule has 0 saturated carbocycles. The molecule has 0 saturated heterocycles. The molecular weight excluding hydrogens is 424 g/mol. The van der Waals surface area contributed by atoms with Crippen molar-refractivity contribution >= 4 is 29.7 Å². The highest BCUT2D eigenvalue weighted by molar-refractivity contribution is 5.94. The van der Waals surface area contributed by atoms with Crippen LogP contribution in [-0.2, 0) is 30.4 Å². The standard InChI is InChI=1S/C20H28N4O8/c1-11(20(31)32)22-19(30)15(9-12-5-3-2-4-6-12)24-18(29)14(7-8-16(26)27)23-17(28)13(21)10-25/h2-6,11,13-15,25H,7-10,21H2,1H3,(H,22,30)(H,23,28)(H,24,29)(H,26,27)(H,31,32). The zero-order valence-electron chi connectivity index (χ0n) is 17.5. The Morgan fingerprint density at radius 2 is 1.47 bits per heavy atom. The molecular formula is C20H28N4O8. The van der Waals surface area contributed by atoms with Crippen LogP contribution in [0.5, 0.6) is 0 Å². The molecule has 0 bridgehead atoms. The molecule has 176 valence electrons. The summed E-state index contributed by atoms with van der Waals surface area (Å²) in [5.74, 6) is -4.98. The SMILES string of the molecule is CC(NC(=O)C(Cc1ccccc1)NC(=O)C(CCC(=O)O)NC(=O)C(N)CO)C(=O)O. The van der Waals surface area contributed by atoms with E-state index in [-0.39, 0.29) is 12.8 Å². The second kappa shape index (κ2) is 13.0. The van der Waals surface area contributed by atoms with Crippen molar-refractivity contribution in [2.75, 3.05) is 6.61 Å². The van der Waals surface area contributed by atoms with Gasteiger partial charge >= 0.3 is 11.9 Å². The Bertz CT molecular complexity index is 817. The number of rotatable bonds is 13. The number of carbonyl (C=O) groups is 5. The van der Waals surface area contributed by atoms with E-state index in [1.54, 1.807) is 30.3 Å². The van der Waals surface area contributed by atoms with Gasteiger partial charge in [-0.3, -0.25) is 24.0 Å². The number of aliphatic hydroxyl groups is 1. The number of hydrogen-bond acceptors (Lipinski definition) is 7. The van der Waals surface area contributed by atoms with Gasteiger partial charge in [-0.25, -0.2) is 0 Å². The van der Waals surface area contributed by atoms with Gasteiger partial charge in [0.05, 0.1) is 6.61 Å². The average Bonchev–Trinajstić information content (AvgIpc) is 2.75. The normalized spacial score (nSPS) is 14.3. The molecule has 4 unspecified atom stereocenters. The highest BCUT2D eigenvalue weighted by atomic mass is 16.4. The Kier molecular flexibility index (Phi) is 10.8. The van der Waals surface area contributed by atoms with E-state index in [0.29, 0.717) is 5.56 Å². The minimum absolute atomic E-state index is 0.0144. The number of benzene rings is 1. The molecule has 1 aromatic carbocycles. The lowest BCUT2D eigenvalue weighted by Gasteiger charge is -2.24. The largest absolute Gasteiger partial charge is 0.481 e. The minimum atomic E-state index is -1.35. The number of nitrogens with two attached hydrogens (primary N) is 1. The molecule has 32 heavy (non-hydrogen) atoms. The molecule has 0 aromatic heterocycles. The van der Waals surface area contributed by atoms with Gasteiger partial charge in [0.25, 0.3) is 0 Å². The second-order valence-electron chi connectivity index (χ2n) is 7.10. The van der Waals surface area contributed by atoms with Gasteiger partial charge in [0, 0.05) is 12.8 Å². The predicted molar refractivity (Wildman–Crippen MR) is 111 cm³/mol. The third kappa shape index (κ3) is 9.10. The predicted octanol–water partition coefficient (Wildman–Crippen LogP) is -2.03. The summed E-state index contributed by atoms with van der Waals surface area (Å²) in [6.07, 6.45) is -0.741. The maximum absolute atomic E-state index is 12.8. The van der Waals surface area contributed by atoms with Gasteiger partial charge in [-0.2, -0.15) is 0 Å². The number of amides is 3. The van der Waals surface area contributed by atoms with Crippen LogP contribution in [0.3, 0.4) is 0 Å². The van der Waals surface area contributed by atoms with E-state index in [0.717, 1.165) is 0 Å². The lowest BCUT2D eigenvalue weighted by Crippen LogP contribution is -2.57. The average molecular weight is 452 g/mol. The highest BCUT2D eigenvalue weighted by Gasteiger charge is 2.29. The van der Waals surface area contributed by atoms with Crippen molar-refractivity contribution in [1.29, 1.82) is 0 Å². The van der Waals surface area contributed by atoms with E-state index < -0.39 is 66.9 Å². The van der Waals surface area contributed by atoms with Crippen molar-refractivity contribution in [3.63, 3.8) is 0 Å². The zero-order valence-corrected chi connectivity index (χ0v) is 17.5. The summed E-state index contributed by atoms with van der Waals surface area (Å²) in [5.41, 5.74) is 6.10. The molecule has 0 heterocycles. The topological polar surface area (TPSA) is 208 Å². The summed E-state index contributed by atoms with van der Waals surface area (Å²) in [6, 6.07) is 3.51. The van der Waals surface area contributed by atoms with E-state index in [2.05, 4.69) is 16.0 Å². The molecule has 3 amide bonds. The Labute approximate surface area is 184 Å². The highest BCUT2D eigenvalue weighted by Crippen LogP contribution is 2.06. The van der Waals surface area contributed by atoms with Crippen molar-refractivity contribution in [3.8, 4) is 0 Å². The summed E-state index contributed by atoms with van der Waals surface area (Å²) >= 11 is 0. The molecule has 0 aliphatic carbocycles. The summed E-state index contributed by atoms with van der Waals surface area (Å²) < 4.78 is 0. The molecule has 12 heteroatoms. The number of carboxylic acid groups (broad SMARTS) is 2. The van der Waals surface area contributed by atoms with Crippen LogP contribution in [0, 0.1) is 0 Å². The Hall–Kier alpha value is -3.51. The number of aliphatic carboxylic acids is 2. The van der Waals surface area contributed by atoms with Crippen molar-refractivity contribution in [2.45, 2.75) is 50.4 Å². The van der Waals surface area contributed by atoms with Gasteiger partial charge in [0.1, 0.15) is 24.2 Å². The van der Waals surface area contributed by atoms with Crippen molar-refractivity contribution in [3.05, 3.63) is 35.9 Å². The molecule has 0 aliphatic rings. The first-order valence-corrected chi connectivity index (χ1v) is 9.81. The maximum Gasteiger partial charge on any atom is 0.325 e. The third-order valence-corrected chi connectivity index (χ3v) is 4.46. The summed E-state index contributed by atoms with van der Waals surface area (Å²) in [7, 11) is 0. The molecule has 0 spiro atoms. The molecule has 0 fully saturated rings. The fourth-order valence-electron chi connectivity index (χ4n) is 2.61. The number of nitrogens with one attached hydrogen (secondary N) is 3. The van der Waals surface area contributed by atoms with E-state index in [4.69, 9.17) is 21.1 Å².